The zero-order chi connectivity index (χ0) is 31.7. The maximum absolute atomic E-state index is 13.7. The van der Waals surface area contributed by atoms with Crippen LogP contribution in [-0.2, 0) is 9.59 Å². The number of esters is 1. The van der Waals surface area contributed by atoms with Crippen molar-refractivity contribution >= 4 is 58.4 Å². The number of hydrazine groups is 1. The second kappa shape index (κ2) is 12.4. The molecule has 3 amide bonds. The number of benzene rings is 3. The number of nitro benzene ring substituents is 1. The number of ketones is 1. The van der Waals surface area contributed by atoms with E-state index in [0.29, 0.717) is 11.4 Å². The molecule has 3 atom stereocenters. The number of hydrogen-bond donors (Lipinski definition) is 0. The molecule has 1 heterocycles. The van der Waals surface area contributed by atoms with Crippen LogP contribution in [0.25, 0.3) is 0 Å². The number of ether oxygens (including phenoxy) is 1. The summed E-state index contributed by atoms with van der Waals surface area (Å²) in [6.07, 6.45) is 3.95. The van der Waals surface area contributed by atoms with Gasteiger partial charge in [0.05, 0.1) is 27.3 Å². The summed E-state index contributed by atoms with van der Waals surface area (Å²) in [5.41, 5.74) is -0.139. The van der Waals surface area contributed by atoms with Crippen LogP contribution in [0, 0.1) is 27.9 Å². The Morgan fingerprint density at radius 1 is 0.977 bits per heavy atom. The highest BCUT2D eigenvalue weighted by Crippen LogP contribution is 2.39. The van der Waals surface area contributed by atoms with E-state index in [0.717, 1.165) is 22.2 Å². The van der Waals surface area contributed by atoms with Crippen LogP contribution in [0.1, 0.15) is 44.4 Å². The summed E-state index contributed by atoms with van der Waals surface area (Å²) >= 11 is 11.9. The van der Waals surface area contributed by atoms with Crippen molar-refractivity contribution < 1.29 is 33.6 Å². The summed E-state index contributed by atoms with van der Waals surface area (Å²) in [5, 5.41) is 13.1. The summed E-state index contributed by atoms with van der Waals surface area (Å²) in [6, 6.07) is 14.4. The van der Waals surface area contributed by atoms with Crippen LogP contribution in [0.3, 0.4) is 0 Å². The van der Waals surface area contributed by atoms with Crippen molar-refractivity contribution in [2.45, 2.75) is 13.3 Å². The number of carbonyl (C=O) groups excluding carboxylic acids is 5. The summed E-state index contributed by atoms with van der Waals surface area (Å²) in [6.45, 7) is 1.11. The number of amides is 3. The lowest BCUT2D eigenvalue weighted by atomic mass is 9.78. The molecule has 1 saturated heterocycles. The molecule has 0 radical (unpaired) electrons. The third-order valence-corrected chi connectivity index (χ3v) is 8.03. The van der Waals surface area contributed by atoms with Crippen LogP contribution >= 0.6 is 23.2 Å². The predicted octanol–water partition coefficient (Wildman–Crippen LogP) is 5.56. The molecule has 0 N–H and O–H groups in total. The SMILES string of the molecule is C[C@@H]1C=CC[C@H]2C(=O)N(N(CC(=O)c3ccc(OC(=O)c4ccc(Cl)cc4Cl)cc3)C(=O)c3ccc([N+](=O)[O-])cc3)C(=O)[C@@H]12. The smallest absolute Gasteiger partial charge is 0.345 e. The number of allylic oxidation sites excluding steroid dienone is 2. The number of rotatable bonds is 8. The number of fused-ring (bicyclic) bond motifs is 1. The van der Waals surface area contributed by atoms with Gasteiger partial charge in [-0.3, -0.25) is 29.3 Å². The van der Waals surface area contributed by atoms with Gasteiger partial charge in [0.15, 0.2) is 5.78 Å². The molecule has 11 nitrogen and oxygen atoms in total. The topological polar surface area (TPSA) is 144 Å². The highest BCUT2D eigenvalue weighted by molar-refractivity contribution is 6.36. The van der Waals surface area contributed by atoms with Gasteiger partial charge in [0.2, 0.25) is 0 Å². The summed E-state index contributed by atoms with van der Waals surface area (Å²) in [7, 11) is 0. The fraction of sp³-hybridized carbons (Fsp3) is 0.194. The van der Waals surface area contributed by atoms with Gasteiger partial charge in [-0.25, -0.2) is 9.80 Å². The maximum atomic E-state index is 13.7. The molecular formula is C31H23Cl2N3O8. The average Bonchev–Trinajstić information content (AvgIpc) is 3.25. The van der Waals surface area contributed by atoms with E-state index in [4.69, 9.17) is 27.9 Å². The highest BCUT2D eigenvalue weighted by atomic mass is 35.5. The van der Waals surface area contributed by atoms with Gasteiger partial charge in [0.1, 0.15) is 12.3 Å². The van der Waals surface area contributed by atoms with Crippen molar-refractivity contribution in [3.05, 3.63) is 116 Å². The Kier molecular flexibility index (Phi) is 8.61. The van der Waals surface area contributed by atoms with Gasteiger partial charge in [-0.15, -0.1) is 0 Å². The molecule has 224 valence electrons. The van der Waals surface area contributed by atoms with Gasteiger partial charge < -0.3 is 4.74 Å². The number of non-ortho nitro benzene ring substituents is 1. The third kappa shape index (κ3) is 5.97. The zero-order valence-electron chi connectivity index (χ0n) is 23.0. The molecule has 2 aliphatic rings. The van der Waals surface area contributed by atoms with Crippen LogP contribution in [0.15, 0.2) is 78.9 Å². The van der Waals surface area contributed by atoms with Crippen LogP contribution < -0.4 is 4.74 Å². The van der Waals surface area contributed by atoms with E-state index in [2.05, 4.69) is 0 Å². The molecule has 5 rings (SSSR count). The summed E-state index contributed by atoms with van der Waals surface area (Å²) in [5.74, 6) is -5.00. The second-order valence-electron chi connectivity index (χ2n) is 10.3. The standard InChI is InChI=1S/C31H23Cl2N3O8/c1-17-3-2-4-24-27(17)30(40)35(29(24)39)34(28(38)19-5-10-21(11-6-19)36(42)43)16-26(37)18-7-12-22(13-8-18)44-31(41)23-14-9-20(32)15-25(23)33/h2-3,5-15,17,24,27H,4,16H2,1H3/t17-,24-,27+/m1/s1. The fourth-order valence-electron chi connectivity index (χ4n) is 5.23. The van der Waals surface area contributed by atoms with Crippen LogP contribution in [0.5, 0.6) is 5.75 Å². The number of hydrogen-bond acceptors (Lipinski definition) is 8. The Labute approximate surface area is 260 Å². The predicted molar refractivity (Wildman–Crippen MR) is 158 cm³/mol. The molecule has 1 fully saturated rings. The normalized spacial score (nSPS) is 19.0. The number of Topliss-reactive ketones (excluding diaryl/α,β-unsaturated/α-hetero) is 1. The Morgan fingerprint density at radius 2 is 1.64 bits per heavy atom. The first-order chi connectivity index (χ1) is 21.0. The van der Waals surface area contributed by atoms with Crippen LogP contribution in [-0.4, -0.2) is 51.0 Å². The lowest BCUT2D eigenvalue weighted by molar-refractivity contribution is -0.384. The van der Waals surface area contributed by atoms with E-state index in [-0.39, 0.29) is 39.1 Å². The van der Waals surface area contributed by atoms with Crippen LogP contribution in [0.4, 0.5) is 5.69 Å². The van der Waals surface area contributed by atoms with Gasteiger partial charge >= 0.3 is 5.97 Å². The maximum Gasteiger partial charge on any atom is 0.345 e. The van der Waals surface area contributed by atoms with E-state index < -0.39 is 52.8 Å². The van der Waals surface area contributed by atoms with Gasteiger partial charge in [-0.1, -0.05) is 42.3 Å². The molecule has 0 aromatic heterocycles. The molecule has 44 heavy (non-hydrogen) atoms. The van der Waals surface area contributed by atoms with E-state index in [1.807, 2.05) is 12.2 Å². The molecule has 0 saturated carbocycles. The first-order valence-corrected chi connectivity index (χ1v) is 14.1. The largest absolute Gasteiger partial charge is 0.423 e. The number of imide groups is 1. The minimum absolute atomic E-state index is 0.0619. The minimum atomic E-state index is -0.861. The number of carbonyl (C=O) groups is 5. The van der Waals surface area contributed by atoms with E-state index in [1.54, 1.807) is 6.92 Å². The molecule has 3 aromatic carbocycles. The van der Waals surface area contributed by atoms with Crippen molar-refractivity contribution in [1.29, 1.82) is 0 Å². The van der Waals surface area contributed by atoms with E-state index in [9.17, 15) is 34.1 Å². The number of nitrogens with zero attached hydrogens (tertiary/aromatic N) is 3. The molecule has 13 heteroatoms. The molecule has 3 aromatic rings. The van der Waals surface area contributed by atoms with Crippen molar-refractivity contribution in [2.75, 3.05) is 6.54 Å². The van der Waals surface area contributed by atoms with E-state index >= 15 is 0 Å². The molecule has 1 aliphatic carbocycles. The average molecular weight is 636 g/mol. The Bertz CT molecular complexity index is 1720. The lowest BCUT2D eigenvalue weighted by Crippen LogP contribution is -2.52. The number of halogens is 2. The lowest BCUT2D eigenvalue weighted by Gasteiger charge is -2.30. The minimum Gasteiger partial charge on any atom is -0.423 e. The van der Waals surface area contributed by atoms with Crippen molar-refractivity contribution in [3.63, 3.8) is 0 Å². The van der Waals surface area contributed by atoms with Gasteiger partial charge in [-0.05, 0) is 66.9 Å². The molecule has 0 unspecified atom stereocenters. The molecule has 1 aliphatic heterocycles. The van der Waals surface area contributed by atoms with Gasteiger partial charge in [-0.2, -0.15) is 5.01 Å². The highest BCUT2D eigenvalue weighted by Gasteiger charge is 2.53. The Hall–Kier alpha value is -4.87. The van der Waals surface area contributed by atoms with Crippen molar-refractivity contribution in [3.8, 4) is 5.75 Å². The monoisotopic (exact) mass is 635 g/mol. The molecule has 0 bridgehead atoms. The van der Waals surface area contributed by atoms with Crippen molar-refractivity contribution in [1.82, 2.24) is 10.0 Å². The second-order valence-corrected chi connectivity index (χ2v) is 11.1. The van der Waals surface area contributed by atoms with Gasteiger partial charge in [0, 0.05) is 28.3 Å². The van der Waals surface area contributed by atoms with Crippen LogP contribution in [0.2, 0.25) is 10.0 Å². The molecular weight excluding hydrogens is 613 g/mol. The first-order valence-electron chi connectivity index (χ1n) is 13.4. The third-order valence-electron chi connectivity index (χ3n) is 7.48. The first kappa shape index (κ1) is 30.6. The number of nitro groups is 1. The Balaban J connectivity index is 1.39. The quantitative estimate of drug-likeness (QED) is 0.0595. The summed E-state index contributed by atoms with van der Waals surface area (Å²) < 4.78 is 5.34. The zero-order valence-corrected chi connectivity index (χ0v) is 24.5. The van der Waals surface area contributed by atoms with Gasteiger partial charge in [0.25, 0.3) is 23.4 Å². The Morgan fingerprint density at radius 3 is 2.25 bits per heavy atom. The molecule has 0 spiro atoms. The summed E-state index contributed by atoms with van der Waals surface area (Å²) in [4.78, 5) is 77.1. The van der Waals surface area contributed by atoms with E-state index in [1.165, 1.54) is 54.6 Å². The van der Waals surface area contributed by atoms with Crippen molar-refractivity contribution in [2.24, 2.45) is 17.8 Å². The fourth-order valence-corrected chi connectivity index (χ4v) is 5.72.